The molecular weight excluding hydrogens is 257 g/mol. The molecule has 0 amide bonds. The van der Waals surface area contributed by atoms with Crippen molar-refractivity contribution in [3.63, 3.8) is 0 Å². The summed E-state index contributed by atoms with van der Waals surface area (Å²) in [5.74, 6) is 0. The average Bonchev–Trinajstić information content (AvgIpc) is 0.722. The van der Waals surface area contributed by atoms with Crippen LogP contribution in [0.4, 0.5) is 0 Å². The van der Waals surface area contributed by atoms with E-state index in [1.165, 1.54) is 0 Å². The van der Waals surface area contributed by atoms with Gasteiger partial charge >= 0.3 is 37.4 Å². The molecule has 0 unspecified atom stereocenters. The summed E-state index contributed by atoms with van der Waals surface area (Å²) < 4.78 is 8.88. The van der Waals surface area contributed by atoms with Gasteiger partial charge in [-0.3, -0.25) is 0 Å². The van der Waals surface area contributed by atoms with Crippen molar-refractivity contribution in [2.24, 2.45) is 0 Å². The number of hydrogen-bond donors (Lipinski definition) is 3. The van der Waals surface area contributed by atoms with Gasteiger partial charge < -0.3 is 14.7 Å². The van der Waals surface area contributed by atoms with Gasteiger partial charge in [-0.25, -0.2) is 4.57 Å². The topological polar surface area (TPSA) is 77.8 Å². The Morgan fingerprint density at radius 2 is 1.12 bits per heavy atom. The molecule has 0 radical (unpaired) electrons. The fraction of sp³-hybridized carbons (Fsp3) is 0. The third-order valence-electron chi connectivity index (χ3n) is 0. The first-order valence-corrected chi connectivity index (χ1v) is 2.35. The third kappa shape index (κ3) is 70.6. The van der Waals surface area contributed by atoms with Gasteiger partial charge in [0.2, 0.25) is 0 Å². The summed E-state index contributed by atoms with van der Waals surface area (Å²) in [4.78, 5) is 21.6. The van der Waals surface area contributed by atoms with Gasteiger partial charge in [-0.15, -0.1) is 0 Å². The first-order valence-electron chi connectivity index (χ1n) is 0.783. The summed E-state index contributed by atoms with van der Waals surface area (Å²) in [5.41, 5.74) is 0. The molecule has 0 spiro atoms. The number of rotatable bonds is 0. The van der Waals surface area contributed by atoms with Crippen LogP contribution in [0.15, 0.2) is 0 Å². The molecule has 0 heterocycles. The van der Waals surface area contributed by atoms with Crippen LogP contribution in [0.3, 0.4) is 0 Å². The minimum absolute atomic E-state index is 0. The smallest absolute Gasteiger partial charge is 0 e. The molecule has 0 saturated heterocycles. The summed E-state index contributed by atoms with van der Waals surface area (Å²) in [5, 5.41) is 0. The van der Waals surface area contributed by atoms with Crippen molar-refractivity contribution in [1.29, 1.82) is 0 Å². The molecule has 0 aromatic heterocycles. The van der Waals surface area contributed by atoms with E-state index in [4.69, 9.17) is 19.2 Å². The van der Waals surface area contributed by atoms with Gasteiger partial charge in [0.15, 0.2) is 0 Å². The Hall–Kier alpha value is 2.71. The van der Waals surface area contributed by atoms with Crippen LogP contribution in [0.25, 0.3) is 0 Å². The van der Waals surface area contributed by atoms with Crippen molar-refractivity contribution in [1.82, 2.24) is 0 Å². The third-order valence-corrected chi connectivity index (χ3v) is 0. The van der Waals surface area contributed by atoms with E-state index in [-0.39, 0.29) is 77.5 Å². The van der Waals surface area contributed by atoms with Crippen LogP contribution in [-0.4, -0.2) is 44.2 Å². The number of hydrogen-bond acceptors (Lipinski definition) is 1. The second-order valence-corrected chi connectivity index (χ2v) is 1.54. The molecule has 0 fully saturated rings. The van der Waals surface area contributed by atoms with Crippen molar-refractivity contribution >= 4 is 37.4 Å². The fourth-order valence-electron chi connectivity index (χ4n) is 0. The minimum atomic E-state index is -4.64. The molecule has 0 saturated carbocycles. The summed E-state index contributed by atoms with van der Waals surface area (Å²) in [6, 6.07) is 0. The van der Waals surface area contributed by atoms with Crippen molar-refractivity contribution < 1.29 is 67.2 Å². The molecule has 4 nitrogen and oxygen atoms in total. The minimum Gasteiger partial charge on any atom is 0 e. The van der Waals surface area contributed by atoms with Gasteiger partial charge in [-0.1, -0.05) is 0 Å². The van der Waals surface area contributed by atoms with Gasteiger partial charge in [0.1, 0.15) is 0 Å². The summed E-state index contributed by atoms with van der Waals surface area (Å²) in [7, 11) is -4.64. The Morgan fingerprint density at radius 3 is 1.12 bits per heavy atom. The maximum Gasteiger partial charge on any atom is 0 e. The maximum absolute atomic E-state index is 8.88. The van der Waals surface area contributed by atoms with E-state index in [0.29, 0.717) is 0 Å². The van der Waals surface area contributed by atoms with Crippen LogP contribution in [-0.2, 0) is 52.5 Å². The van der Waals surface area contributed by atoms with E-state index < -0.39 is 7.82 Å². The van der Waals surface area contributed by atoms with Crippen LogP contribution < -0.4 is 0 Å². The van der Waals surface area contributed by atoms with Gasteiger partial charge in [-0.2, -0.15) is 0 Å². The Labute approximate surface area is 103 Å². The zero-order valence-corrected chi connectivity index (χ0v) is 8.11. The molecule has 0 aliphatic carbocycles. The maximum atomic E-state index is 8.88. The summed E-state index contributed by atoms with van der Waals surface area (Å²) in [6.45, 7) is 0. The average molecular weight is 261 g/mol. The van der Waals surface area contributed by atoms with Gasteiger partial charge in [0, 0.05) is 47.9 Å². The molecule has 3 N–H and O–H groups in total. The normalized spacial score (nSPS) is 7.38. The second-order valence-electron chi connectivity index (χ2n) is 0.513. The van der Waals surface area contributed by atoms with E-state index in [2.05, 4.69) is 0 Å². The van der Waals surface area contributed by atoms with Crippen molar-refractivity contribution in [2.75, 3.05) is 0 Å². The largest absolute Gasteiger partial charge is 0 e. The van der Waals surface area contributed by atoms with Gasteiger partial charge in [0.25, 0.3) is 0 Å². The van der Waals surface area contributed by atoms with Crippen LogP contribution in [0.5, 0.6) is 0 Å². The Kier molecular flexibility index (Phi) is 27.2. The standard InChI is InChI=1S/Na.H3O4P.Ti.Zr.H/c;1-5(2,3)4;;;/h;(H3,1,2,3,4);;;. The molecule has 0 aliphatic heterocycles. The Balaban J connectivity index is -0.0000000267. The predicted octanol–water partition coefficient (Wildman–Crippen LogP) is -1.58. The molecule has 0 rings (SSSR count). The molecule has 8 heteroatoms. The molecule has 8 heavy (non-hydrogen) atoms. The van der Waals surface area contributed by atoms with Crippen LogP contribution in [0.1, 0.15) is 0 Å². The van der Waals surface area contributed by atoms with Crippen LogP contribution in [0.2, 0.25) is 0 Å². The molecule has 42 valence electrons. The predicted molar refractivity (Wildman–Crippen MR) is 21.4 cm³/mol. The molecule has 0 atom stereocenters. The zero-order chi connectivity index (χ0) is 4.50. The van der Waals surface area contributed by atoms with Crippen molar-refractivity contribution in [3.05, 3.63) is 0 Å². The quantitative estimate of drug-likeness (QED) is 0.363. The first kappa shape index (κ1) is 22.4. The SMILES string of the molecule is O=P(O)(O)O.[NaH].[Ti].[Zr]. The zero-order valence-electron chi connectivity index (χ0n) is 3.20. The van der Waals surface area contributed by atoms with Crippen molar-refractivity contribution in [3.8, 4) is 0 Å². The molecule has 0 aliphatic rings. The molecule has 0 aromatic carbocycles. The number of phosphoric acid groups is 1. The molecule has 0 bridgehead atoms. The van der Waals surface area contributed by atoms with Crippen LogP contribution >= 0.6 is 7.82 Å². The van der Waals surface area contributed by atoms with E-state index in [9.17, 15) is 0 Å². The summed E-state index contributed by atoms with van der Waals surface area (Å²) in [6.07, 6.45) is 0. The monoisotopic (exact) mass is 260 g/mol. The molecule has 0 aromatic rings. The van der Waals surface area contributed by atoms with E-state index in [1.807, 2.05) is 0 Å². The van der Waals surface area contributed by atoms with E-state index in [0.717, 1.165) is 0 Å². The second kappa shape index (κ2) is 9.71. The first-order chi connectivity index (χ1) is 2.00. The van der Waals surface area contributed by atoms with E-state index >= 15 is 0 Å². The van der Waals surface area contributed by atoms with Gasteiger partial charge in [-0.05, 0) is 0 Å². The molecular formula is H4NaO4PTiZr. The summed E-state index contributed by atoms with van der Waals surface area (Å²) >= 11 is 0. The Morgan fingerprint density at radius 1 is 1.12 bits per heavy atom. The fourth-order valence-corrected chi connectivity index (χ4v) is 0. The van der Waals surface area contributed by atoms with E-state index in [1.54, 1.807) is 0 Å². The van der Waals surface area contributed by atoms with Crippen molar-refractivity contribution in [2.45, 2.75) is 0 Å². The Bertz CT molecular complexity index is 62.2. The van der Waals surface area contributed by atoms with Crippen LogP contribution in [0, 0.1) is 0 Å². The van der Waals surface area contributed by atoms with Gasteiger partial charge in [0.05, 0.1) is 0 Å².